The molecule has 0 saturated heterocycles. The summed E-state index contributed by atoms with van der Waals surface area (Å²) < 4.78 is 0. The van der Waals surface area contributed by atoms with Gasteiger partial charge in [0.25, 0.3) is 0 Å². The summed E-state index contributed by atoms with van der Waals surface area (Å²) in [6.07, 6.45) is 0. The monoisotopic (exact) mass is 242 g/mol. The van der Waals surface area contributed by atoms with Crippen molar-refractivity contribution >= 4 is 10.8 Å². The van der Waals surface area contributed by atoms with Crippen LogP contribution >= 0.6 is 0 Å². The van der Waals surface area contributed by atoms with Crippen molar-refractivity contribution in [3.63, 3.8) is 0 Å². The standard InChI is InChI=1S/C16H22N2/c1-11(2)15(10-17)16(18)14-8-7-12-5-3-4-6-13(12)9-14/h3-9,11,15-16H,10,17-18H2,1-2H3. The van der Waals surface area contributed by atoms with Gasteiger partial charge in [-0.1, -0.05) is 50.2 Å². The lowest BCUT2D eigenvalue weighted by Crippen LogP contribution is -2.31. The predicted octanol–water partition coefficient (Wildman–Crippen LogP) is 3.07. The fourth-order valence-electron chi connectivity index (χ4n) is 2.50. The van der Waals surface area contributed by atoms with Crippen molar-refractivity contribution in [1.29, 1.82) is 0 Å². The summed E-state index contributed by atoms with van der Waals surface area (Å²) >= 11 is 0. The third-order valence-electron chi connectivity index (χ3n) is 3.75. The Bertz CT molecular complexity index is 519. The van der Waals surface area contributed by atoms with Crippen LogP contribution in [-0.2, 0) is 0 Å². The first kappa shape index (κ1) is 13.1. The van der Waals surface area contributed by atoms with E-state index in [1.807, 2.05) is 0 Å². The molecule has 0 amide bonds. The van der Waals surface area contributed by atoms with Gasteiger partial charge >= 0.3 is 0 Å². The average Bonchev–Trinajstić information content (AvgIpc) is 2.38. The van der Waals surface area contributed by atoms with Crippen molar-refractivity contribution in [3.8, 4) is 0 Å². The lowest BCUT2D eigenvalue weighted by atomic mass is 9.84. The molecular formula is C16H22N2. The number of hydrogen-bond donors (Lipinski definition) is 2. The normalized spacial score (nSPS) is 14.9. The molecule has 2 aromatic rings. The molecule has 0 aliphatic carbocycles. The molecule has 0 spiro atoms. The number of hydrogen-bond acceptors (Lipinski definition) is 2. The first-order valence-electron chi connectivity index (χ1n) is 6.58. The van der Waals surface area contributed by atoms with E-state index < -0.39 is 0 Å². The van der Waals surface area contributed by atoms with Crippen LogP contribution in [0.2, 0.25) is 0 Å². The molecule has 0 heterocycles. The van der Waals surface area contributed by atoms with Gasteiger partial charge in [0.15, 0.2) is 0 Å². The van der Waals surface area contributed by atoms with Gasteiger partial charge in [0, 0.05) is 6.04 Å². The fourth-order valence-corrected chi connectivity index (χ4v) is 2.50. The molecule has 0 fully saturated rings. The van der Waals surface area contributed by atoms with Gasteiger partial charge in [0.2, 0.25) is 0 Å². The van der Waals surface area contributed by atoms with Gasteiger partial charge in [-0.15, -0.1) is 0 Å². The van der Waals surface area contributed by atoms with Gasteiger partial charge in [-0.3, -0.25) is 0 Å². The quantitative estimate of drug-likeness (QED) is 0.865. The Morgan fingerprint density at radius 2 is 1.67 bits per heavy atom. The second-order valence-corrected chi connectivity index (χ2v) is 5.28. The Morgan fingerprint density at radius 3 is 2.28 bits per heavy atom. The van der Waals surface area contributed by atoms with E-state index in [1.165, 1.54) is 16.3 Å². The van der Waals surface area contributed by atoms with E-state index in [-0.39, 0.29) is 6.04 Å². The van der Waals surface area contributed by atoms with Crippen LogP contribution in [0.25, 0.3) is 10.8 Å². The molecule has 96 valence electrons. The van der Waals surface area contributed by atoms with Crippen LogP contribution < -0.4 is 11.5 Å². The highest BCUT2D eigenvalue weighted by Gasteiger charge is 2.21. The third-order valence-corrected chi connectivity index (χ3v) is 3.75. The molecule has 18 heavy (non-hydrogen) atoms. The van der Waals surface area contributed by atoms with Crippen molar-refractivity contribution in [1.82, 2.24) is 0 Å². The molecule has 2 heteroatoms. The van der Waals surface area contributed by atoms with E-state index >= 15 is 0 Å². The summed E-state index contributed by atoms with van der Waals surface area (Å²) in [5.41, 5.74) is 13.4. The molecule has 4 N–H and O–H groups in total. The van der Waals surface area contributed by atoms with Gasteiger partial charge in [-0.25, -0.2) is 0 Å². The zero-order valence-electron chi connectivity index (χ0n) is 11.1. The van der Waals surface area contributed by atoms with Crippen molar-refractivity contribution in [2.75, 3.05) is 6.54 Å². The van der Waals surface area contributed by atoms with Crippen molar-refractivity contribution < 1.29 is 0 Å². The van der Waals surface area contributed by atoms with Crippen molar-refractivity contribution in [2.24, 2.45) is 23.3 Å². The highest BCUT2D eigenvalue weighted by molar-refractivity contribution is 5.83. The van der Waals surface area contributed by atoms with Crippen LogP contribution in [0.4, 0.5) is 0 Å². The van der Waals surface area contributed by atoms with E-state index in [0.29, 0.717) is 18.4 Å². The Morgan fingerprint density at radius 1 is 1.00 bits per heavy atom. The minimum Gasteiger partial charge on any atom is -0.330 e. The molecule has 0 aliphatic rings. The Kier molecular flexibility index (Phi) is 4.00. The van der Waals surface area contributed by atoms with Gasteiger partial charge in [-0.2, -0.15) is 0 Å². The fraction of sp³-hybridized carbons (Fsp3) is 0.375. The number of fused-ring (bicyclic) bond motifs is 1. The molecule has 0 aromatic heterocycles. The molecule has 2 rings (SSSR count). The smallest absolute Gasteiger partial charge is 0.0338 e. The Hall–Kier alpha value is -1.38. The van der Waals surface area contributed by atoms with E-state index in [1.54, 1.807) is 0 Å². The van der Waals surface area contributed by atoms with Crippen LogP contribution in [0.3, 0.4) is 0 Å². The van der Waals surface area contributed by atoms with Gasteiger partial charge in [0.1, 0.15) is 0 Å². The topological polar surface area (TPSA) is 52.0 Å². The molecule has 2 nitrogen and oxygen atoms in total. The molecule has 2 unspecified atom stereocenters. The summed E-state index contributed by atoms with van der Waals surface area (Å²) in [5.74, 6) is 0.822. The van der Waals surface area contributed by atoms with E-state index in [2.05, 4.69) is 56.3 Å². The molecule has 0 radical (unpaired) electrons. The Labute approximate surface area is 109 Å². The average molecular weight is 242 g/mol. The van der Waals surface area contributed by atoms with Crippen molar-refractivity contribution in [2.45, 2.75) is 19.9 Å². The van der Waals surface area contributed by atoms with Crippen LogP contribution in [0, 0.1) is 11.8 Å². The second kappa shape index (κ2) is 5.51. The first-order chi connectivity index (χ1) is 8.63. The van der Waals surface area contributed by atoms with Crippen molar-refractivity contribution in [3.05, 3.63) is 48.0 Å². The minimum atomic E-state index is 0.0135. The SMILES string of the molecule is CC(C)C(CN)C(N)c1ccc2ccccc2c1. The summed E-state index contributed by atoms with van der Waals surface area (Å²) in [7, 11) is 0. The van der Waals surface area contributed by atoms with E-state index in [9.17, 15) is 0 Å². The second-order valence-electron chi connectivity index (χ2n) is 5.28. The molecule has 0 bridgehead atoms. The van der Waals surface area contributed by atoms with E-state index in [4.69, 9.17) is 11.5 Å². The molecule has 2 atom stereocenters. The number of benzene rings is 2. The molecule has 2 aromatic carbocycles. The number of rotatable bonds is 4. The van der Waals surface area contributed by atoms with Gasteiger partial charge in [-0.05, 0) is 40.8 Å². The summed E-state index contributed by atoms with van der Waals surface area (Å²) in [5, 5.41) is 2.49. The highest BCUT2D eigenvalue weighted by atomic mass is 14.7. The number of nitrogens with two attached hydrogens (primary N) is 2. The molecule has 0 aliphatic heterocycles. The lowest BCUT2D eigenvalue weighted by Gasteiger charge is -2.26. The largest absolute Gasteiger partial charge is 0.330 e. The third kappa shape index (κ3) is 2.55. The summed E-state index contributed by atoms with van der Waals surface area (Å²) in [6, 6.07) is 14.8. The maximum atomic E-state index is 6.36. The highest BCUT2D eigenvalue weighted by Crippen LogP contribution is 2.27. The minimum absolute atomic E-state index is 0.0135. The first-order valence-corrected chi connectivity index (χ1v) is 6.58. The zero-order chi connectivity index (χ0) is 13.1. The summed E-state index contributed by atoms with van der Waals surface area (Å²) in [4.78, 5) is 0. The van der Waals surface area contributed by atoms with Gasteiger partial charge < -0.3 is 11.5 Å². The molecule has 0 saturated carbocycles. The Balaban J connectivity index is 2.35. The summed E-state index contributed by atoms with van der Waals surface area (Å²) in [6.45, 7) is 4.99. The van der Waals surface area contributed by atoms with Crippen LogP contribution in [0.15, 0.2) is 42.5 Å². The lowest BCUT2D eigenvalue weighted by molar-refractivity contribution is 0.331. The van der Waals surface area contributed by atoms with Crippen LogP contribution in [0.5, 0.6) is 0 Å². The maximum Gasteiger partial charge on any atom is 0.0338 e. The maximum absolute atomic E-state index is 6.36. The van der Waals surface area contributed by atoms with Gasteiger partial charge in [0.05, 0.1) is 0 Å². The van der Waals surface area contributed by atoms with E-state index in [0.717, 1.165) is 0 Å². The van der Waals surface area contributed by atoms with Crippen LogP contribution in [0.1, 0.15) is 25.5 Å². The predicted molar refractivity (Wildman–Crippen MR) is 78.3 cm³/mol. The zero-order valence-corrected chi connectivity index (χ0v) is 11.1. The van der Waals surface area contributed by atoms with Crippen LogP contribution in [-0.4, -0.2) is 6.54 Å². The molecular weight excluding hydrogens is 220 g/mol.